The third kappa shape index (κ3) is 28.3. The van der Waals surface area contributed by atoms with E-state index in [0.717, 1.165) is 67.7 Å². The highest BCUT2D eigenvalue weighted by molar-refractivity contribution is 5.15. The van der Waals surface area contributed by atoms with E-state index in [1.54, 1.807) is 6.08 Å². The van der Waals surface area contributed by atoms with Crippen molar-refractivity contribution in [1.82, 2.24) is 26.3 Å². The minimum Gasteiger partial charge on any atom is -0.390 e. The topological polar surface area (TPSA) is 61.0 Å². The van der Waals surface area contributed by atoms with Crippen LogP contribution >= 0.6 is 0 Å². The summed E-state index contributed by atoms with van der Waals surface area (Å²) in [6.45, 7) is 51.4. The Labute approximate surface area is 329 Å². The Morgan fingerprint density at radius 3 is 1.91 bits per heavy atom. The highest BCUT2D eigenvalue weighted by Crippen LogP contribution is 2.25. The first-order valence-corrected chi connectivity index (χ1v) is 19.9. The number of nitrogens with one attached hydrogen (secondary N) is 4. The summed E-state index contributed by atoms with van der Waals surface area (Å²) in [5, 5.41) is 14.4. The van der Waals surface area contributed by atoms with Gasteiger partial charge in [-0.1, -0.05) is 151 Å². The minimum absolute atomic E-state index is 0.145. The fourth-order valence-corrected chi connectivity index (χ4v) is 5.46. The molecule has 0 fully saturated rings. The number of nitrogens with zero attached hydrogens (tertiary/aromatic N) is 1. The van der Waals surface area contributed by atoms with E-state index in [9.17, 15) is 0 Å². The summed E-state index contributed by atoms with van der Waals surface area (Å²) in [6, 6.07) is 4.77. The molecule has 0 aliphatic heterocycles. The highest BCUT2D eigenvalue weighted by atomic mass is 15.0. The van der Waals surface area contributed by atoms with Crippen molar-refractivity contribution in [3.05, 3.63) is 135 Å². The standard InChI is InChI=1S/C34H59N5.C9H14.C3H4.C2H6/c1-13-32(37-27(8)16-17-31-15-14-18-36-22-31)30(11)39-33(19-23(2)3)26(7)21-25(6)28(9)38-34(20-24(4)5)29(10)35-12;1-4-6-7-8-9(3)5-2;1-3-2;1-2/h14-15,18,22-26,32-35,37-39H,8-11,13,16-17,19-21H2,1-7,12H3;4,6-8H,1,5H2,2-3H3;1-2H2;1-2H3/b;7-6-,9-8+;;/t25?,26?,32?,33-,34-;;;/m0.../s1. The molecule has 3 unspecified atom stereocenters. The van der Waals surface area contributed by atoms with Gasteiger partial charge in [0.15, 0.2) is 0 Å². The number of rotatable bonds is 24. The molecular formula is C48H83N5. The average Bonchev–Trinajstić information content (AvgIpc) is 3.13. The van der Waals surface area contributed by atoms with Crippen LogP contribution in [0, 0.1) is 23.7 Å². The molecule has 0 saturated heterocycles. The summed E-state index contributed by atoms with van der Waals surface area (Å²) in [6.07, 6.45) is 18.6. The van der Waals surface area contributed by atoms with Crippen LogP contribution in [0.5, 0.6) is 0 Å². The van der Waals surface area contributed by atoms with Crippen LogP contribution in [0.2, 0.25) is 0 Å². The van der Waals surface area contributed by atoms with E-state index in [-0.39, 0.29) is 12.1 Å². The summed E-state index contributed by atoms with van der Waals surface area (Å²) >= 11 is 0. The van der Waals surface area contributed by atoms with Crippen LogP contribution in [-0.2, 0) is 6.42 Å². The molecule has 4 N–H and O–H groups in total. The van der Waals surface area contributed by atoms with Gasteiger partial charge in [0.2, 0.25) is 0 Å². The smallest absolute Gasteiger partial charge is 0.0653 e. The first-order valence-electron chi connectivity index (χ1n) is 19.9. The monoisotopic (exact) mass is 730 g/mol. The van der Waals surface area contributed by atoms with E-state index >= 15 is 0 Å². The summed E-state index contributed by atoms with van der Waals surface area (Å²) in [4.78, 5) is 4.22. The average molecular weight is 730 g/mol. The molecule has 0 saturated carbocycles. The van der Waals surface area contributed by atoms with E-state index in [1.165, 1.54) is 11.1 Å². The molecule has 300 valence electrons. The Bertz CT molecular complexity index is 1230. The Balaban J connectivity index is -0.00000151. The number of aromatic nitrogens is 1. The number of hydrogen-bond donors (Lipinski definition) is 4. The Morgan fingerprint density at radius 1 is 0.830 bits per heavy atom. The first kappa shape index (κ1) is 53.4. The van der Waals surface area contributed by atoms with Gasteiger partial charge >= 0.3 is 0 Å². The fourth-order valence-electron chi connectivity index (χ4n) is 5.46. The van der Waals surface area contributed by atoms with Crippen LogP contribution in [0.4, 0.5) is 0 Å². The van der Waals surface area contributed by atoms with Crippen LogP contribution < -0.4 is 21.3 Å². The van der Waals surface area contributed by atoms with Gasteiger partial charge in [-0.15, -0.1) is 5.73 Å². The van der Waals surface area contributed by atoms with Crippen molar-refractivity contribution in [3.8, 4) is 0 Å². The molecule has 0 radical (unpaired) electrons. The SMILES string of the molecule is C=C(CCc1cccnc1)NC(CC)C(=C)N[C@@H](CC(C)C)C(C)CC(C)C(=C)N[C@@H](CC(C)C)C(=C)NC.C=C/C=C\C=C(/C)CC.C=C=C.CC. The predicted molar refractivity (Wildman–Crippen MR) is 241 cm³/mol. The summed E-state index contributed by atoms with van der Waals surface area (Å²) in [7, 11) is 1.94. The molecule has 1 aromatic heterocycles. The van der Waals surface area contributed by atoms with Gasteiger partial charge in [0.1, 0.15) is 0 Å². The van der Waals surface area contributed by atoms with Gasteiger partial charge in [0.25, 0.3) is 0 Å². The molecule has 1 rings (SSSR count). The lowest BCUT2D eigenvalue weighted by Gasteiger charge is -2.34. The summed E-state index contributed by atoms with van der Waals surface area (Å²) < 4.78 is 0. The Morgan fingerprint density at radius 2 is 1.43 bits per heavy atom. The maximum absolute atomic E-state index is 4.47. The molecule has 5 atom stereocenters. The van der Waals surface area contributed by atoms with Crippen LogP contribution in [0.15, 0.2) is 129 Å². The molecule has 0 amide bonds. The first-order chi connectivity index (χ1) is 25.1. The molecule has 1 aromatic rings. The van der Waals surface area contributed by atoms with E-state index in [1.807, 2.05) is 51.5 Å². The van der Waals surface area contributed by atoms with Gasteiger partial charge in [-0.3, -0.25) is 4.98 Å². The summed E-state index contributed by atoms with van der Waals surface area (Å²) in [5.74, 6) is 1.97. The fraction of sp³-hybridized carbons (Fsp3) is 0.542. The van der Waals surface area contributed by atoms with Crippen molar-refractivity contribution in [3.63, 3.8) is 0 Å². The van der Waals surface area contributed by atoms with Gasteiger partial charge in [-0.25, -0.2) is 0 Å². The number of allylic oxidation sites excluding steroid dienone is 7. The number of hydrogen-bond acceptors (Lipinski definition) is 5. The number of likely N-dealkylation sites (N-methyl/N-ethyl adjacent to an activating group) is 1. The van der Waals surface area contributed by atoms with E-state index < -0.39 is 0 Å². The molecule has 0 bridgehead atoms. The van der Waals surface area contributed by atoms with E-state index in [2.05, 4.69) is 152 Å². The summed E-state index contributed by atoms with van der Waals surface area (Å²) in [5.41, 5.74) is 9.06. The van der Waals surface area contributed by atoms with E-state index in [0.29, 0.717) is 29.7 Å². The van der Waals surface area contributed by atoms with Crippen LogP contribution in [0.1, 0.15) is 120 Å². The Hall–Kier alpha value is -3.95. The number of pyridine rings is 1. The van der Waals surface area contributed by atoms with Crippen molar-refractivity contribution < 1.29 is 0 Å². The maximum Gasteiger partial charge on any atom is 0.0653 e. The molecule has 0 spiro atoms. The largest absolute Gasteiger partial charge is 0.390 e. The quantitative estimate of drug-likeness (QED) is 0.0630. The van der Waals surface area contributed by atoms with Gasteiger partial charge < -0.3 is 21.3 Å². The normalized spacial score (nSPS) is 13.5. The van der Waals surface area contributed by atoms with Crippen molar-refractivity contribution in [2.45, 2.75) is 139 Å². The van der Waals surface area contributed by atoms with Gasteiger partial charge in [0, 0.05) is 48.3 Å². The van der Waals surface area contributed by atoms with Crippen molar-refractivity contribution in [1.29, 1.82) is 0 Å². The third-order valence-electron chi connectivity index (χ3n) is 8.74. The molecule has 1 heterocycles. The lowest BCUT2D eigenvalue weighted by atomic mass is 9.85. The van der Waals surface area contributed by atoms with Gasteiger partial charge in [-0.2, -0.15) is 0 Å². The third-order valence-corrected chi connectivity index (χ3v) is 8.74. The molecule has 5 heteroatoms. The zero-order chi connectivity index (χ0) is 41.4. The lowest BCUT2D eigenvalue weighted by molar-refractivity contribution is 0.293. The predicted octanol–water partition coefficient (Wildman–Crippen LogP) is 12.4. The molecule has 53 heavy (non-hydrogen) atoms. The second-order valence-electron chi connectivity index (χ2n) is 14.5. The van der Waals surface area contributed by atoms with Crippen molar-refractivity contribution in [2.75, 3.05) is 7.05 Å². The van der Waals surface area contributed by atoms with Gasteiger partial charge in [-0.05, 0) is 87.2 Å². The van der Waals surface area contributed by atoms with Crippen LogP contribution in [-0.4, -0.2) is 30.2 Å². The lowest BCUT2D eigenvalue weighted by Crippen LogP contribution is -2.43. The maximum atomic E-state index is 4.47. The van der Waals surface area contributed by atoms with Crippen molar-refractivity contribution >= 4 is 0 Å². The minimum atomic E-state index is 0.145. The number of aryl methyl sites for hydroxylation is 1. The molecule has 0 aromatic carbocycles. The van der Waals surface area contributed by atoms with Crippen LogP contribution in [0.25, 0.3) is 0 Å². The zero-order valence-corrected chi connectivity index (χ0v) is 36.5. The second kappa shape index (κ2) is 33.9. The van der Waals surface area contributed by atoms with Gasteiger partial charge in [0.05, 0.1) is 12.1 Å². The molecular weight excluding hydrogens is 647 g/mol. The molecule has 0 aliphatic rings. The second-order valence-corrected chi connectivity index (χ2v) is 14.5. The highest BCUT2D eigenvalue weighted by Gasteiger charge is 2.25. The zero-order valence-electron chi connectivity index (χ0n) is 36.5. The van der Waals surface area contributed by atoms with Crippen molar-refractivity contribution in [2.24, 2.45) is 23.7 Å². The Kier molecular flexibility index (Phi) is 34.1. The van der Waals surface area contributed by atoms with E-state index in [4.69, 9.17) is 0 Å². The molecule has 5 nitrogen and oxygen atoms in total. The molecule has 0 aliphatic carbocycles. The van der Waals surface area contributed by atoms with Crippen LogP contribution in [0.3, 0.4) is 0 Å².